The third-order valence-corrected chi connectivity index (χ3v) is 7.37. The molecule has 2 aliphatic heterocycles. The van der Waals surface area contributed by atoms with Crippen LogP contribution in [0.3, 0.4) is 0 Å². The standard InChI is InChI=1S/C15H19N3O5S2/c1-16-12(20)14(24-2)7-9-4-5-10(18(22)23)6-11(9)17(14)13(21)15(16,8-19)25-3/h4-6,19,22-23H,7-8H2,1-3H3. The molecule has 0 radical (unpaired) electrons. The van der Waals surface area contributed by atoms with E-state index in [1.165, 1.54) is 40.7 Å². The number of aliphatic hydroxyl groups is 1. The van der Waals surface area contributed by atoms with Crippen LogP contribution >= 0.6 is 23.5 Å². The number of rotatable bonds is 4. The fourth-order valence-electron chi connectivity index (χ4n) is 3.47. The average molecular weight is 385 g/mol. The van der Waals surface area contributed by atoms with Gasteiger partial charge < -0.3 is 10.0 Å². The summed E-state index contributed by atoms with van der Waals surface area (Å²) < 4.78 is 0. The van der Waals surface area contributed by atoms with Crippen LogP contribution in [0.15, 0.2) is 18.2 Å². The lowest BCUT2D eigenvalue weighted by Crippen LogP contribution is -2.74. The highest BCUT2D eigenvalue weighted by Gasteiger charge is 2.64. The van der Waals surface area contributed by atoms with Gasteiger partial charge in [-0.2, -0.15) is 0 Å². The Labute approximate surface area is 153 Å². The molecule has 0 aliphatic carbocycles. The van der Waals surface area contributed by atoms with Gasteiger partial charge in [0.1, 0.15) is 0 Å². The van der Waals surface area contributed by atoms with Gasteiger partial charge in [-0.3, -0.25) is 24.9 Å². The molecule has 2 atom stereocenters. The van der Waals surface area contributed by atoms with Crippen LogP contribution in [0.1, 0.15) is 5.56 Å². The Morgan fingerprint density at radius 3 is 2.40 bits per heavy atom. The van der Waals surface area contributed by atoms with Crippen LogP contribution in [0.4, 0.5) is 11.4 Å². The maximum atomic E-state index is 13.4. The number of nitrogens with zero attached hydrogens (tertiary/aromatic N) is 3. The fraction of sp³-hybridized carbons (Fsp3) is 0.467. The van der Waals surface area contributed by atoms with E-state index in [1.807, 2.05) is 0 Å². The van der Waals surface area contributed by atoms with Crippen molar-refractivity contribution < 1.29 is 25.1 Å². The first-order valence-corrected chi connectivity index (χ1v) is 9.89. The molecule has 2 unspecified atom stereocenters. The summed E-state index contributed by atoms with van der Waals surface area (Å²) in [5.74, 6) is -0.678. The normalized spacial score (nSPS) is 28.2. The molecule has 0 saturated carbocycles. The maximum absolute atomic E-state index is 13.4. The summed E-state index contributed by atoms with van der Waals surface area (Å²) in [7, 11) is 1.53. The van der Waals surface area contributed by atoms with Crippen LogP contribution in [0.2, 0.25) is 0 Å². The first kappa shape index (κ1) is 18.3. The van der Waals surface area contributed by atoms with Gasteiger partial charge in [-0.15, -0.1) is 28.8 Å². The second-order valence-electron chi connectivity index (χ2n) is 5.92. The molecule has 10 heteroatoms. The molecule has 3 N–H and O–H groups in total. The molecule has 2 aliphatic rings. The first-order valence-electron chi connectivity index (χ1n) is 7.44. The van der Waals surface area contributed by atoms with Gasteiger partial charge >= 0.3 is 0 Å². The van der Waals surface area contributed by atoms with Crippen LogP contribution in [-0.4, -0.2) is 68.1 Å². The fourth-order valence-corrected chi connectivity index (χ4v) is 5.20. The van der Waals surface area contributed by atoms with Crippen LogP contribution in [0, 0.1) is 0 Å². The number of thioether (sulfide) groups is 2. The number of fused-ring (bicyclic) bond motifs is 3. The van der Waals surface area contributed by atoms with E-state index in [2.05, 4.69) is 0 Å². The van der Waals surface area contributed by atoms with Crippen LogP contribution in [0.25, 0.3) is 0 Å². The highest BCUT2D eigenvalue weighted by atomic mass is 32.2. The van der Waals surface area contributed by atoms with Crippen molar-refractivity contribution in [1.29, 1.82) is 0 Å². The molecule has 0 spiro atoms. The molecule has 8 nitrogen and oxygen atoms in total. The highest BCUT2D eigenvalue weighted by Crippen LogP contribution is 2.52. The molecular formula is C15H19N3O5S2. The molecule has 3 rings (SSSR count). The van der Waals surface area contributed by atoms with E-state index in [0.29, 0.717) is 12.1 Å². The SMILES string of the molecule is CSC1(CO)C(=O)N2c3cc(N(O)O)ccc3CC2(SC)C(=O)N1C. The molecule has 0 bridgehead atoms. The molecule has 1 fully saturated rings. The van der Waals surface area contributed by atoms with Crippen molar-refractivity contribution in [1.82, 2.24) is 4.90 Å². The lowest BCUT2D eigenvalue weighted by Gasteiger charge is -2.52. The van der Waals surface area contributed by atoms with E-state index in [-0.39, 0.29) is 16.8 Å². The van der Waals surface area contributed by atoms with E-state index >= 15 is 0 Å². The Morgan fingerprint density at radius 2 is 1.88 bits per heavy atom. The number of benzene rings is 1. The minimum absolute atomic E-state index is 0.0321. The lowest BCUT2D eigenvalue weighted by atomic mass is 10.0. The van der Waals surface area contributed by atoms with Gasteiger partial charge in [-0.1, -0.05) is 6.07 Å². The van der Waals surface area contributed by atoms with Crippen molar-refractivity contribution in [3.63, 3.8) is 0 Å². The van der Waals surface area contributed by atoms with E-state index in [9.17, 15) is 25.1 Å². The highest BCUT2D eigenvalue weighted by molar-refractivity contribution is 8.01. The Bertz CT molecular complexity index is 740. The monoisotopic (exact) mass is 385 g/mol. The number of likely N-dealkylation sites (N-methyl/N-ethyl adjacent to an activating group) is 1. The number of carbonyl (C=O) groups is 2. The Kier molecular flexibility index (Phi) is 4.44. The van der Waals surface area contributed by atoms with Crippen molar-refractivity contribution >= 4 is 46.7 Å². The van der Waals surface area contributed by atoms with Crippen LogP contribution < -0.4 is 10.1 Å². The zero-order valence-corrected chi connectivity index (χ0v) is 15.6. The number of aliphatic hydroxyl groups excluding tert-OH is 1. The van der Waals surface area contributed by atoms with Gasteiger partial charge in [0.15, 0.2) is 9.74 Å². The summed E-state index contributed by atoms with van der Waals surface area (Å²) >= 11 is 2.36. The summed E-state index contributed by atoms with van der Waals surface area (Å²) in [4.78, 5) is 26.7. The summed E-state index contributed by atoms with van der Waals surface area (Å²) in [5.41, 5.74) is 1.27. The summed E-state index contributed by atoms with van der Waals surface area (Å²) in [6.07, 6.45) is 3.74. The minimum Gasteiger partial charge on any atom is -0.392 e. The number of piperazine rings is 1. The number of amides is 2. The van der Waals surface area contributed by atoms with Crippen molar-refractivity contribution in [2.24, 2.45) is 0 Å². The second-order valence-corrected chi connectivity index (χ2v) is 8.09. The second kappa shape index (κ2) is 6.06. The van der Waals surface area contributed by atoms with Crippen molar-refractivity contribution in [3.05, 3.63) is 23.8 Å². The largest absolute Gasteiger partial charge is 0.392 e. The molecular weight excluding hydrogens is 366 g/mol. The van der Waals surface area contributed by atoms with E-state index in [0.717, 1.165) is 17.3 Å². The van der Waals surface area contributed by atoms with Crippen molar-refractivity contribution in [2.75, 3.05) is 36.3 Å². The van der Waals surface area contributed by atoms with E-state index in [1.54, 1.807) is 18.6 Å². The maximum Gasteiger partial charge on any atom is 0.267 e. The zero-order valence-electron chi connectivity index (χ0n) is 14.0. The lowest BCUT2D eigenvalue weighted by molar-refractivity contribution is -0.149. The first-order chi connectivity index (χ1) is 11.8. The average Bonchev–Trinajstić information content (AvgIpc) is 2.96. The number of anilines is 2. The quantitative estimate of drug-likeness (QED) is 0.652. The number of hydrogen-bond donors (Lipinski definition) is 3. The van der Waals surface area contributed by atoms with Gasteiger partial charge in [0, 0.05) is 13.5 Å². The van der Waals surface area contributed by atoms with Crippen LogP contribution in [-0.2, 0) is 16.0 Å². The molecule has 2 heterocycles. The Morgan fingerprint density at radius 1 is 1.20 bits per heavy atom. The topological polar surface area (TPSA) is 105 Å². The Balaban J connectivity index is 2.23. The minimum atomic E-state index is -1.41. The van der Waals surface area contributed by atoms with E-state index < -0.39 is 22.3 Å². The molecule has 2 amide bonds. The molecule has 25 heavy (non-hydrogen) atoms. The van der Waals surface area contributed by atoms with E-state index in [4.69, 9.17) is 0 Å². The third-order valence-electron chi connectivity index (χ3n) is 4.94. The Hall–Kier alpha value is -1.46. The zero-order chi connectivity index (χ0) is 18.6. The van der Waals surface area contributed by atoms with Crippen molar-refractivity contribution in [2.45, 2.75) is 16.2 Å². The third kappa shape index (κ3) is 2.21. The van der Waals surface area contributed by atoms with Gasteiger partial charge in [0.05, 0.1) is 18.0 Å². The van der Waals surface area contributed by atoms with Crippen LogP contribution in [0.5, 0.6) is 0 Å². The van der Waals surface area contributed by atoms with Gasteiger partial charge in [-0.05, 0) is 30.2 Å². The van der Waals surface area contributed by atoms with Gasteiger partial charge in [-0.25, -0.2) is 0 Å². The number of carbonyl (C=O) groups excluding carboxylic acids is 2. The molecule has 1 aromatic rings. The summed E-state index contributed by atoms with van der Waals surface area (Å²) in [6, 6.07) is 4.62. The molecule has 1 saturated heterocycles. The molecule has 0 aromatic heterocycles. The molecule has 136 valence electrons. The molecule has 1 aromatic carbocycles. The van der Waals surface area contributed by atoms with Gasteiger partial charge in [0.2, 0.25) is 0 Å². The van der Waals surface area contributed by atoms with Gasteiger partial charge in [0.25, 0.3) is 11.8 Å². The summed E-state index contributed by atoms with van der Waals surface area (Å²) in [5, 5.41) is 28.5. The van der Waals surface area contributed by atoms with Crippen molar-refractivity contribution in [3.8, 4) is 0 Å². The predicted octanol–water partition coefficient (Wildman–Crippen LogP) is 0.743. The summed E-state index contributed by atoms with van der Waals surface area (Å²) in [6.45, 7) is -0.517. The smallest absolute Gasteiger partial charge is 0.267 e. The number of hydrogen-bond acceptors (Lipinski definition) is 8. The predicted molar refractivity (Wildman–Crippen MR) is 96.0 cm³/mol.